The quantitative estimate of drug-likeness (QED) is 0.236. The molecule has 1 amide bonds. The third-order valence-corrected chi connectivity index (χ3v) is 7.09. The van der Waals surface area contributed by atoms with Crippen molar-refractivity contribution < 1.29 is 23.6 Å². The molecule has 4 rings (SSSR count). The normalized spacial score (nSPS) is 15.4. The molecule has 1 unspecified atom stereocenters. The first-order valence-corrected chi connectivity index (χ1v) is 13.1. The minimum Gasteiger partial charge on any atom is -0.465 e. The van der Waals surface area contributed by atoms with Crippen LogP contribution in [0.3, 0.4) is 0 Å². The largest absolute Gasteiger partial charge is 0.465 e. The Balaban J connectivity index is 1.49. The van der Waals surface area contributed by atoms with E-state index in [1.165, 1.54) is 0 Å². The first kappa shape index (κ1) is 28.1. The Kier molecular flexibility index (Phi) is 8.57. The van der Waals surface area contributed by atoms with Crippen LogP contribution in [0.15, 0.2) is 76.3 Å². The highest BCUT2D eigenvalue weighted by Crippen LogP contribution is 2.35. The number of carbonyl (C=O) groups is 2. The van der Waals surface area contributed by atoms with Gasteiger partial charge in [0, 0.05) is 29.3 Å². The van der Waals surface area contributed by atoms with Crippen LogP contribution < -0.4 is 10.6 Å². The van der Waals surface area contributed by atoms with Crippen LogP contribution in [-0.4, -0.2) is 43.0 Å². The Morgan fingerprint density at radius 1 is 1.15 bits per heavy atom. The molecule has 2 N–H and O–H groups in total. The van der Waals surface area contributed by atoms with Crippen molar-refractivity contribution in [2.75, 3.05) is 25.0 Å². The van der Waals surface area contributed by atoms with Gasteiger partial charge in [-0.05, 0) is 44.4 Å². The Hall–Kier alpha value is -3.88. The van der Waals surface area contributed by atoms with Gasteiger partial charge in [0.25, 0.3) is 0 Å². The molecule has 2 heterocycles. The minimum atomic E-state index is -0.661. The maximum Gasteiger partial charge on any atom is 0.412 e. The number of aryl methyl sites for hydroxylation is 1. The van der Waals surface area contributed by atoms with Gasteiger partial charge in [0.2, 0.25) is 0 Å². The lowest BCUT2D eigenvalue weighted by Crippen LogP contribution is -2.62. The molecule has 1 saturated heterocycles. The van der Waals surface area contributed by atoms with Crippen LogP contribution in [0, 0.1) is 6.92 Å². The molecular weight excluding hydrogens is 518 g/mol. The van der Waals surface area contributed by atoms with E-state index in [4.69, 9.17) is 25.6 Å². The monoisotopic (exact) mass is 549 g/mol. The van der Waals surface area contributed by atoms with Gasteiger partial charge < -0.3 is 19.3 Å². The van der Waals surface area contributed by atoms with Gasteiger partial charge in [-0.1, -0.05) is 77.9 Å². The number of esters is 1. The van der Waals surface area contributed by atoms with Gasteiger partial charge in [-0.25, -0.2) is 4.79 Å². The number of nitrogens with zero attached hydrogens (tertiary/aromatic N) is 1. The zero-order chi connectivity index (χ0) is 28.2. The van der Waals surface area contributed by atoms with E-state index in [2.05, 4.69) is 22.4 Å². The number of hydrogen-bond donors (Lipinski definition) is 2. The number of halogens is 1. The van der Waals surface area contributed by atoms with Gasteiger partial charge in [-0.15, -0.1) is 0 Å². The molecule has 1 fully saturated rings. The van der Waals surface area contributed by atoms with E-state index in [0.717, 1.165) is 22.3 Å². The average Bonchev–Trinajstić information content (AvgIpc) is 3.24. The molecule has 0 saturated carbocycles. The molecular formula is C30H32ClN3O5. The number of carbonyl (C=O) groups excluding carboxylic acids is 2. The van der Waals surface area contributed by atoms with Crippen molar-refractivity contribution in [1.82, 2.24) is 10.5 Å². The molecule has 9 heteroatoms. The van der Waals surface area contributed by atoms with E-state index in [1.807, 2.05) is 55.5 Å². The van der Waals surface area contributed by atoms with Gasteiger partial charge in [0.1, 0.15) is 22.9 Å². The predicted molar refractivity (Wildman–Crippen MR) is 152 cm³/mol. The second-order valence-electron chi connectivity index (χ2n) is 9.40. The van der Waals surface area contributed by atoms with Crippen molar-refractivity contribution in [3.63, 3.8) is 0 Å². The van der Waals surface area contributed by atoms with Crippen LogP contribution in [-0.2, 0) is 19.7 Å². The fourth-order valence-corrected chi connectivity index (χ4v) is 4.79. The van der Waals surface area contributed by atoms with E-state index in [0.29, 0.717) is 47.4 Å². The summed E-state index contributed by atoms with van der Waals surface area (Å²) in [6.07, 6.45) is 0.322. The van der Waals surface area contributed by atoms with E-state index >= 15 is 0 Å². The van der Waals surface area contributed by atoms with Gasteiger partial charge in [0.15, 0.2) is 5.76 Å². The summed E-state index contributed by atoms with van der Waals surface area (Å²) in [6.45, 7) is 12.2. The van der Waals surface area contributed by atoms with Crippen molar-refractivity contribution in [3.8, 4) is 22.5 Å². The molecule has 1 aliphatic rings. The zero-order valence-corrected chi connectivity index (χ0v) is 23.2. The molecule has 0 aliphatic carbocycles. The molecule has 3 aromatic rings. The molecule has 1 aliphatic heterocycles. The number of allylic oxidation sites excluding steroid dienone is 1. The molecule has 1 atom stereocenters. The van der Waals surface area contributed by atoms with E-state index in [1.54, 1.807) is 26.8 Å². The van der Waals surface area contributed by atoms with Crippen molar-refractivity contribution in [3.05, 3.63) is 83.0 Å². The highest BCUT2D eigenvalue weighted by atomic mass is 35.5. The summed E-state index contributed by atoms with van der Waals surface area (Å²) in [7, 11) is 0. The van der Waals surface area contributed by atoms with Crippen molar-refractivity contribution in [2.45, 2.75) is 39.2 Å². The van der Waals surface area contributed by atoms with Crippen molar-refractivity contribution in [1.29, 1.82) is 0 Å². The number of hydrogen-bond acceptors (Lipinski definition) is 7. The summed E-state index contributed by atoms with van der Waals surface area (Å²) >= 11 is 6.06. The number of amides is 1. The van der Waals surface area contributed by atoms with Crippen molar-refractivity contribution in [2.24, 2.45) is 0 Å². The first-order valence-electron chi connectivity index (χ1n) is 12.7. The fraction of sp³-hybridized carbons (Fsp3) is 0.300. The second kappa shape index (κ2) is 11.9. The first-order chi connectivity index (χ1) is 18.7. The lowest BCUT2D eigenvalue weighted by Gasteiger charge is -2.40. The number of nitrogens with one attached hydrogen (secondary N) is 2. The SMILES string of the molecule is C=CC(=C(C)Cl)C(C)OC(=O)Nc1c(C)noc1-c1ccc(-c2ccc(C3(C(=O)OCC)CNC3)cc2)cc1. The standard InChI is InChI=1S/C30H32ClN3O5/c1-6-25(18(3)31)20(5)38-29(36)33-26-19(4)34-39-27(26)23-10-8-21(9-11-23)22-12-14-24(15-13-22)30(16-32-17-30)28(35)37-7-2/h6,8-15,20,32H,1,7,16-17H2,2-5H3,(H,33,36). The molecule has 204 valence electrons. The number of rotatable bonds is 9. The highest BCUT2D eigenvalue weighted by Gasteiger charge is 2.47. The fourth-order valence-electron chi connectivity index (χ4n) is 4.56. The summed E-state index contributed by atoms with van der Waals surface area (Å²) in [6, 6.07) is 15.7. The summed E-state index contributed by atoms with van der Waals surface area (Å²) in [4.78, 5) is 25.2. The van der Waals surface area contributed by atoms with Crippen LogP contribution in [0.2, 0.25) is 0 Å². The van der Waals surface area contributed by atoms with Crippen molar-refractivity contribution >= 4 is 29.4 Å². The molecule has 39 heavy (non-hydrogen) atoms. The molecule has 0 bridgehead atoms. The number of ether oxygens (including phenoxy) is 2. The Labute approximate surface area is 233 Å². The Morgan fingerprint density at radius 3 is 2.26 bits per heavy atom. The van der Waals surface area contributed by atoms with Gasteiger partial charge in [-0.3, -0.25) is 10.1 Å². The zero-order valence-electron chi connectivity index (χ0n) is 22.5. The van der Waals surface area contributed by atoms with Crippen LogP contribution in [0.5, 0.6) is 0 Å². The van der Waals surface area contributed by atoms with Gasteiger partial charge >= 0.3 is 12.1 Å². The smallest absolute Gasteiger partial charge is 0.412 e. The van der Waals surface area contributed by atoms with Crippen LogP contribution in [0.4, 0.5) is 10.5 Å². The molecule has 1 aromatic heterocycles. The van der Waals surface area contributed by atoms with Gasteiger partial charge in [-0.2, -0.15) is 0 Å². The molecule has 0 spiro atoms. The number of aromatic nitrogens is 1. The second-order valence-corrected chi connectivity index (χ2v) is 9.97. The molecule has 8 nitrogen and oxygen atoms in total. The van der Waals surface area contributed by atoms with Crippen LogP contribution in [0.25, 0.3) is 22.5 Å². The lowest BCUT2D eigenvalue weighted by atomic mass is 9.75. The van der Waals surface area contributed by atoms with Gasteiger partial charge in [0.05, 0.1) is 6.61 Å². The summed E-state index contributed by atoms with van der Waals surface area (Å²) in [5.74, 6) is 0.221. The van der Waals surface area contributed by atoms with E-state index < -0.39 is 17.6 Å². The number of benzene rings is 2. The molecule has 0 radical (unpaired) electrons. The van der Waals surface area contributed by atoms with E-state index in [-0.39, 0.29) is 5.97 Å². The minimum absolute atomic E-state index is 0.197. The third-order valence-electron chi connectivity index (χ3n) is 6.87. The lowest BCUT2D eigenvalue weighted by molar-refractivity contribution is -0.152. The maximum absolute atomic E-state index is 12.6. The Morgan fingerprint density at radius 2 is 1.74 bits per heavy atom. The maximum atomic E-state index is 12.6. The predicted octanol–water partition coefficient (Wildman–Crippen LogP) is 6.36. The topological polar surface area (TPSA) is 103 Å². The number of anilines is 1. The third kappa shape index (κ3) is 5.77. The summed E-state index contributed by atoms with van der Waals surface area (Å²) < 4.78 is 16.3. The van der Waals surface area contributed by atoms with Crippen LogP contribution in [0.1, 0.15) is 32.0 Å². The summed E-state index contributed by atoms with van der Waals surface area (Å²) in [5.41, 5.74) is 4.60. The average molecular weight is 550 g/mol. The van der Waals surface area contributed by atoms with E-state index in [9.17, 15) is 9.59 Å². The highest BCUT2D eigenvalue weighted by molar-refractivity contribution is 6.29. The van der Waals surface area contributed by atoms with Crippen LogP contribution >= 0.6 is 11.6 Å². The summed E-state index contributed by atoms with van der Waals surface area (Å²) in [5, 5.41) is 10.5. The Bertz CT molecular complexity index is 1380. The molecule has 2 aromatic carbocycles.